The number of carbonyl (C=O) groups is 2. The van der Waals surface area contributed by atoms with E-state index in [0.717, 1.165) is 34.0 Å². The van der Waals surface area contributed by atoms with Crippen molar-refractivity contribution in [3.05, 3.63) is 57.4 Å². The van der Waals surface area contributed by atoms with Gasteiger partial charge in [0.1, 0.15) is 44.2 Å². The number of furan rings is 2. The highest BCUT2D eigenvalue weighted by molar-refractivity contribution is 7.20. The van der Waals surface area contributed by atoms with Gasteiger partial charge in [0, 0.05) is 0 Å². The number of thiophene rings is 1. The molecule has 3 aromatic rings. The highest BCUT2D eigenvalue weighted by atomic mass is 32.1. The van der Waals surface area contributed by atoms with E-state index in [2.05, 4.69) is 9.98 Å². The summed E-state index contributed by atoms with van der Waals surface area (Å²) < 4.78 is 21.7. The van der Waals surface area contributed by atoms with Gasteiger partial charge in [-0.15, -0.1) is 0 Å². The third-order valence-corrected chi connectivity index (χ3v) is 5.82. The number of aliphatic imine (C=N–C) groups is 2. The largest absolute Gasteiger partial charge is 0.462 e. The van der Waals surface area contributed by atoms with Crippen molar-refractivity contribution < 1.29 is 27.9 Å². The molecule has 174 valence electrons. The van der Waals surface area contributed by atoms with Crippen LogP contribution in [0.15, 0.2) is 31.0 Å². The van der Waals surface area contributed by atoms with Gasteiger partial charge in [0.25, 0.3) is 0 Å². The van der Waals surface area contributed by atoms with Gasteiger partial charge in [0.05, 0.1) is 25.6 Å². The van der Waals surface area contributed by atoms with E-state index in [1.54, 1.807) is 13.8 Å². The molecule has 0 radical (unpaired) electrons. The van der Waals surface area contributed by atoms with Crippen molar-refractivity contribution in [2.45, 2.75) is 41.5 Å². The number of nitrogens with zero attached hydrogens (tertiary/aromatic N) is 2. The molecule has 0 amide bonds. The van der Waals surface area contributed by atoms with E-state index in [0.29, 0.717) is 11.5 Å². The number of esters is 2. The minimum absolute atomic E-state index is 0.00973. The molecule has 0 aliphatic carbocycles. The topological polar surface area (TPSA) is 104 Å². The van der Waals surface area contributed by atoms with Crippen LogP contribution >= 0.6 is 11.3 Å². The molecule has 0 atom stereocenters. The van der Waals surface area contributed by atoms with Crippen molar-refractivity contribution in [3.8, 4) is 0 Å². The van der Waals surface area contributed by atoms with Crippen LogP contribution in [0.2, 0.25) is 0 Å². The van der Waals surface area contributed by atoms with Gasteiger partial charge in [0.2, 0.25) is 0 Å². The molecule has 0 unspecified atom stereocenters. The molecule has 8 nitrogen and oxygen atoms in total. The van der Waals surface area contributed by atoms with Gasteiger partial charge in [-0.25, -0.2) is 19.6 Å². The van der Waals surface area contributed by atoms with E-state index in [1.807, 2.05) is 39.8 Å². The van der Waals surface area contributed by atoms with Crippen LogP contribution in [0.25, 0.3) is 0 Å². The van der Waals surface area contributed by atoms with Crippen LogP contribution in [0.1, 0.15) is 68.7 Å². The Kier molecular flexibility index (Phi) is 7.65. The second-order valence-electron chi connectivity index (χ2n) is 7.20. The van der Waals surface area contributed by atoms with E-state index in [4.69, 9.17) is 18.3 Å². The molecule has 33 heavy (non-hydrogen) atoms. The molecule has 0 aromatic carbocycles. The van der Waals surface area contributed by atoms with Crippen LogP contribution in [-0.4, -0.2) is 37.6 Å². The van der Waals surface area contributed by atoms with Gasteiger partial charge >= 0.3 is 11.9 Å². The van der Waals surface area contributed by atoms with Gasteiger partial charge < -0.3 is 18.3 Å². The lowest BCUT2D eigenvalue weighted by molar-refractivity contribution is 0.0481. The summed E-state index contributed by atoms with van der Waals surface area (Å²) >= 11 is 1.07. The summed E-state index contributed by atoms with van der Waals surface area (Å²) in [5.41, 5.74) is 1.98. The predicted molar refractivity (Wildman–Crippen MR) is 127 cm³/mol. The summed E-state index contributed by atoms with van der Waals surface area (Å²) in [6.45, 7) is 11.2. The van der Waals surface area contributed by atoms with Crippen LogP contribution in [0, 0.1) is 27.7 Å². The summed E-state index contributed by atoms with van der Waals surface area (Å²) in [4.78, 5) is 34.5. The molecule has 0 saturated heterocycles. The number of carbonyl (C=O) groups excluding carboxylic acids is 2. The maximum Gasteiger partial charge on any atom is 0.342 e. The normalized spacial score (nSPS) is 11.6. The number of rotatable bonds is 8. The third-order valence-electron chi connectivity index (χ3n) is 4.82. The Morgan fingerprint density at radius 2 is 1.21 bits per heavy atom. The quantitative estimate of drug-likeness (QED) is 0.294. The van der Waals surface area contributed by atoms with Crippen LogP contribution in [0.3, 0.4) is 0 Å². The summed E-state index contributed by atoms with van der Waals surface area (Å²) in [5, 5.41) is 0.532. The smallest absolute Gasteiger partial charge is 0.342 e. The van der Waals surface area contributed by atoms with Gasteiger partial charge in [-0.3, -0.25) is 0 Å². The van der Waals surface area contributed by atoms with E-state index >= 15 is 0 Å². The number of hydrogen-bond acceptors (Lipinski definition) is 9. The van der Waals surface area contributed by atoms with Crippen molar-refractivity contribution in [2.75, 3.05) is 13.2 Å². The molecule has 0 spiro atoms. The Morgan fingerprint density at radius 1 is 0.818 bits per heavy atom. The highest BCUT2D eigenvalue weighted by Gasteiger charge is 2.30. The lowest BCUT2D eigenvalue weighted by atomic mass is 10.1. The fourth-order valence-electron chi connectivity index (χ4n) is 2.95. The molecule has 0 fully saturated rings. The van der Waals surface area contributed by atoms with Gasteiger partial charge in [-0.1, -0.05) is 11.3 Å². The molecule has 0 aliphatic heterocycles. The lowest BCUT2D eigenvalue weighted by Gasteiger charge is -2.05. The molecule has 3 heterocycles. The first kappa shape index (κ1) is 24.2. The highest BCUT2D eigenvalue weighted by Crippen LogP contribution is 2.42. The zero-order valence-corrected chi connectivity index (χ0v) is 20.3. The fraction of sp³-hybridized carbons (Fsp3) is 0.333. The minimum atomic E-state index is -0.679. The molecule has 0 bridgehead atoms. The molecular weight excluding hydrogens is 444 g/mol. The van der Waals surface area contributed by atoms with Crippen molar-refractivity contribution >= 4 is 45.7 Å². The summed E-state index contributed by atoms with van der Waals surface area (Å²) in [6.07, 6.45) is 2.99. The fourth-order valence-corrected chi connectivity index (χ4v) is 3.92. The van der Waals surface area contributed by atoms with Crippen LogP contribution in [0.4, 0.5) is 10.0 Å². The molecule has 9 heteroatoms. The van der Waals surface area contributed by atoms with Crippen molar-refractivity contribution in [2.24, 2.45) is 9.98 Å². The minimum Gasteiger partial charge on any atom is -0.462 e. The van der Waals surface area contributed by atoms with E-state index in [9.17, 15) is 9.59 Å². The van der Waals surface area contributed by atoms with Crippen molar-refractivity contribution in [3.63, 3.8) is 0 Å². The second-order valence-corrected chi connectivity index (χ2v) is 8.17. The molecule has 0 aliphatic rings. The molecule has 0 N–H and O–H groups in total. The first-order valence-corrected chi connectivity index (χ1v) is 11.3. The Hall–Kier alpha value is -3.46. The van der Waals surface area contributed by atoms with E-state index in [1.165, 1.54) is 12.4 Å². The van der Waals surface area contributed by atoms with Gasteiger partial charge in [-0.05, 0) is 64.8 Å². The van der Waals surface area contributed by atoms with E-state index in [-0.39, 0.29) is 34.3 Å². The van der Waals surface area contributed by atoms with Gasteiger partial charge in [0.15, 0.2) is 0 Å². The lowest BCUT2D eigenvalue weighted by Crippen LogP contribution is -2.12. The van der Waals surface area contributed by atoms with Crippen LogP contribution in [0.5, 0.6) is 0 Å². The number of hydrogen-bond donors (Lipinski definition) is 0. The SMILES string of the molecule is CCOC(=O)c1c(/N=C/c2cc(C)c(C)o2)sc(/N=C/c2cc(C)c(C)o2)c1C(=O)OCC. The third kappa shape index (κ3) is 5.48. The maximum absolute atomic E-state index is 12.8. The first-order chi connectivity index (χ1) is 15.7. The summed E-state index contributed by atoms with van der Waals surface area (Å²) in [5.74, 6) is 1.24. The average Bonchev–Trinajstić information content (AvgIpc) is 3.40. The Balaban J connectivity index is 2.12. The Bertz CT molecular complexity index is 1100. The summed E-state index contributed by atoms with van der Waals surface area (Å²) in [7, 11) is 0. The second kappa shape index (κ2) is 10.4. The van der Waals surface area contributed by atoms with Crippen molar-refractivity contribution in [1.82, 2.24) is 0 Å². The Morgan fingerprint density at radius 3 is 1.52 bits per heavy atom. The monoisotopic (exact) mass is 470 g/mol. The molecule has 3 aromatic heterocycles. The standard InChI is InChI=1S/C24H26N2O6S/c1-7-29-23(27)19-20(24(28)30-8-2)22(26-12-18-10-14(4)16(6)32-18)33-21(19)25-11-17-9-13(3)15(5)31-17/h9-12H,7-8H2,1-6H3/b25-11+,26-12+. The van der Waals surface area contributed by atoms with Crippen LogP contribution in [-0.2, 0) is 9.47 Å². The number of ether oxygens (including phenoxy) is 2. The Labute approximate surface area is 195 Å². The summed E-state index contributed by atoms with van der Waals surface area (Å²) in [6, 6.07) is 3.67. The zero-order valence-electron chi connectivity index (χ0n) is 19.5. The predicted octanol–water partition coefficient (Wildman–Crippen LogP) is 6.02. The average molecular weight is 471 g/mol. The first-order valence-electron chi connectivity index (χ1n) is 10.5. The van der Waals surface area contributed by atoms with Crippen LogP contribution < -0.4 is 0 Å². The van der Waals surface area contributed by atoms with E-state index < -0.39 is 11.9 Å². The number of aryl methyl sites for hydroxylation is 4. The maximum atomic E-state index is 12.8. The zero-order chi connectivity index (χ0) is 24.1. The molecule has 0 saturated carbocycles. The van der Waals surface area contributed by atoms with Crippen molar-refractivity contribution in [1.29, 1.82) is 0 Å². The molecule has 3 rings (SSSR count). The van der Waals surface area contributed by atoms with Gasteiger partial charge in [-0.2, -0.15) is 0 Å². The molecular formula is C24H26N2O6S.